The second kappa shape index (κ2) is 8.56. The summed E-state index contributed by atoms with van der Waals surface area (Å²) in [4.78, 5) is 13.1. The van der Waals surface area contributed by atoms with E-state index in [9.17, 15) is 22.7 Å². The SMILES string of the molecule is Cc1noc(-c2ccc(NS(C)(=O)=O)cc2)c1N(C(=O)O)C(C)c1ccc(Cl)cc1F. The van der Waals surface area contributed by atoms with E-state index in [0.29, 0.717) is 11.3 Å². The van der Waals surface area contributed by atoms with Gasteiger partial charge in [0.15, 0.2) is 5.76 Å². The maximum Gasteiger partial charge on any atom is 0.412 e. The van der Waals surface area contributed by atoms with Crippen LogP contribution in [0.5, 0.6) is 0 Å². The summed E-state index contributed by atoms with van der Waals surface area (Å²) in [6, 6.07) is 9.23. The van der Waals surface area contributed by atoms with Gasteiger partial charge >= 0.3 is 6.09 Å². The van der Waals surface area contributed by atoms with Crippen LogP contribution in [0.4, 0.5) is 20.6 Å². The number of benzene rings is 2. The Hall–Kier alpha value is -3.11. The Labute approximate surface area is 183 Å². The first-order chi connectivity index (χ1) is 14.5. The molecule has 0 saturated carbocycles. The van der Waals surface area contributed by atoms with Crippen molar-refractivity contribution in [2.24, 2.45) is 0 Å². The Kier molecular flexibility index (Phi) is 6.23. The van der Waals surface area contributed by atoms with Crippen LogP contribution in [-0.4, -0.2) is 31.0 Å². The lowest BCUT2D eigenvalue weighted by atomic mass is 10.0. The summed E-state index contributed by atoms with van der Waals surface area (Å²) in [5.41, 5.74) is 1.36. The Bertz CT molecular complexity index is 1230. The molecule has 1 amide bonds. The molecule has 8 nitrogen and oxygen atoms in total. The standard InChI is InChI=1S/C20H19ClFN3O5S/c1-11-18(25(20(26)27)12(2)16-9-6-14(21)10-17(16)22)19(30-23-11)13-4-7-15(8-5-13)24-31(3,28)29/h4-10,12,24H,1-3H3,(H,26,27). The number of rotatable bonds is 6. The zero-order chi connectivity index (χ0) is 22.9. The van der Waals surface area contributed by atoms with Gasteiger partial charge in [-0.25, -0.2) is 17.6 Å². The van der Waals surface area contributed by atoms with Gasteiger partial charge in [0.1, 0.15) is 17.2 Å². The Morgan fingerprint density at radius 1 is 1.26 bits per heavy atom. The number of halogens is 2. The number of aromatic nitrogens is 1. The van der Waals surface area contributed by atoms with E-state index in [1.165, 1.54) is 31.2 Å². The topological polar surface area (TPSA) is 113 Å². The van der Waals surface area contributed by atoms with Crippen molar-refractivity contribution < 1.29 is 27.2 Å². The Balaban J connectivity index is 2.05. The summed E-state index contributed by atoms with van der Waals surface area (Å²) >= 11 is 5.81. The van der Waals surface area contributed by atoms with E-state index in [1.807, 2.05) is 0 Å². The number of hydrogen-bond acceptors (Lipinski definition) is 5. The minimum atomic E-state index is -3.45. The molecular formula is C20H19ClFN3O5S. The molecule has 0 radical (unpaired) electrons. The molecule has 3 aromatic rings. The van der Waals surface area contributed by atoms with E-state index in [2.05, 4.69) is 9.88 Å². The van der Waals surface area contributed by atoms with Crippen LogP contribution >= 0.6 is 11.6 Å². The van der Waals surface area contributed by atoms with Gasteiger partial charge < -0.3 is 9.63 Å². The van der Waals surface area contributed by atoms with Gasteiger partial charge in [0.25, 0.3) is 0 Å². The van der Waals surface area contributed by atoms with E-state index in [1.54, 1.807) is 19.1 Å². The van der Waals surface area contributed by atoms with Crippen LogP contribution < -0.4 is 9.62 Å². The first-order valence-corrected chi connectivity index (χ1v) is 11.3. The highest BCUT2D eigenvalue weighted by Crippen LogP contribution is 2.39. The number of carbonyl (C=O) groups is 1. The zero-order valence-corrected chi connectivity index (χ0v) is 18.3. The lowest BCUT2D eigenvalue weighted by Gasteiger charge is -2.27. The van der Waals surface area contributed by atoms with E-state index < -0.39 is 28.0 Å². The number of carboxylic acid groups (broad SMARTS) is 1. The van der Waals surface area contributed by atoms with Crippen LogP contribution in [0.3, 0.4) is 0 Å². The first-order valence-electron chi connectivity index (χ1n) is 8.99. The molecule has 164 valence electrons. The van der Waals surface area contributed by atoms with Gasteiger partial charge in [-0.15, -0.1) is 0 Å². The fourth-order valence-corrected chi connectivity index (χ4v) is 3.90. The third kappa shape index (κ3) is 4.97. The molecule has 31 heavy (non-hydrogen) atoms. The van der Waals surface area contributed by atoms with Gasteiger partial charge in [-0.2, -0.15) is 0 Å². The van der Waals surface area contributed by atoms with Gasteiger partial charge in [-0.05, 0) is 50.2 Å². The van der Waals surface area contributed by atoms with Crippen LogP contribution in [0.25, 0.3) is 11.3 Å². The fourth-order valence-electron chi connectivity index (χ4n) is 3.18. The molecule has 0 spiro atoms. The molecule has 0 fully saturated rings. The third-order valence-corrected chi connectivity index (χ3v) is 5.37. The Morgan fingerprint density at radius 3 is 2.45 bits per heavy atom. The number of nitrogens with one attached hydrogen (secondary N) is 1. The maximum absolute atomic E-state index is 14.5. The number of aryl methyl sites for hydroxylation is 1. The van der Waals surface area contributed by atoms with Gasteiger partial charge in [-0.3, -0.25) is 9.62 Å². The minimum Gasteiger partial charge on any atom is -0.465 e. The maximum atomic E-state index is 14.5. The third-order valence-electron chi connectivity index (χ3n) is 4.53. The van der Waals surface area contributed by atoms with E-state index >= 15 is 0 Å². The van der Waals surface area contributed by atoms with Crippen LogP contribution in [0.15, 0.2) is 47.0 Å². The molecule has 1 atom stereocenters. The van der Waals surface area contributed by atoms with Crippen molar-refractivity contribution in [3.8, 4) is 11.3 Å². The molecule has 1 unspecified atom stereocenters. The molecule has 1 aromatic heterocycles. The van der Waals surface area contributed by atoms with Gasteiger partial charge in [0.05, 0.1) is 12.3 Å². The van der Waals surface area contributed by atoms with E-state index in [0.717, 1.165) is 17.2 Å². The number of nitrogens with zero attached hydrogens (tertiary/aromatic N) is 2. The molecular weight excluding hydrogens is 449 g/mol. The molecule has 2 aromatic carbocycles. The predicted molar refractivity (Wildman–Crippen MR) is 115 cm³/mol. The summed E-state index contributed by atoms with van der Waals surface area (Å²) in [6.45, 7) is 3.11. The zero-order valence-electron chi connectivity index (χ0n) is 16.8. The van der Waals surface area contributed by atoms with Crippen LogP contribution in [0, 0.1) is 12.7 Å². The van der Waals surface area contributed by atoms with Crippen molar-refractivity contribution in [3.05, 3.63) is 64.6 Å². The van der Waals surface area contributed by atoms with Crippen molar-refractivity contribution in [1.82, 2.24) is 5.16 Å². The minimum absolute atomic E-state index is 0.131. The second-order valence-corrected chi connectivity index (χ2v) is 9.08. The average molecular weight is 468 g/mol. The predicted octanol–water partition coefficient (Wildman–Crippen LogP) is 5.06. The lowest BCUT2D eigenvalue weighted by molar-refractivity contribution is 0.199. The van der Waals surface area contributed by atoms with Crippen molar-refractivity contribution in [3.63, 3.8) is 0 Å². The van der Waals surface area contributed by atoms with Gasteiger partial charge in [0, 0.05) is 21.8 Å². The number of anilines is 2. The number of sulfonamides is 1. The van der Waals surface area contributed by atoms with Crippen LogP contribution in [-0.2, 0) is 10.0 Å². The smallest absolute Gasteiger partial charge is 0.412 e. The first kappa shape index (κ1) is 22.6. The second-order valence-electron chi connectivity index (χ2n) is 6.89. The monoisotopic (exact) mass is 467 g/mol. The molecule has 0 aliphatic carbocycles. The van der Waals surface area contributed by atoms with E-state index in [-0.39, 0.29) is 27.7 Å². The summed E-state index contributed by atoms with van der Waals surface area (Å²) in [7, 11) is -3.45. The quantitative estimate of drug-likeness (QED) is 0.524. The van der Waals surface area contributed by atoms with E-state index in [4.69, 9.17) is 16.1 Å². The Morgan fingerprint density at radius 2 is 1.90 bits per heavy atom. The molecule has 11 heteroatoms. The largest absolute Gasteiger partial charge is 0.465 e. The summed E-state index contributed by atoms with van der Waals surface area (Å²) < 4.78 is 45.0. The molecule has 3 rings (SSSR count). The molecule has 0 saturated heterocycles. The molecule has 2 N–H and O–H groups in total. The van der Waals surface area contributed by atoms with Crippen molar-refractivity contribution in [1.29, 1.82) is 0 Å². The van der Waals surface area contributed by atoms with Crippen LogP contribution in [0.2, 0.25) is 5.02 Å². The highest BCUT2D eigenvalue weighted by atomic mass is 35.5. The van der Waals surface area contributed by atoms with Crippen molar-refractivity contribution >= 4 is 39.1 Å². The van der Waals surface area contributed by atoms with Crippen LogP contribution in [0.1, 0.15) is 24.2 Å². The fraction of sp³-hybridized carbons (Fsp3) is 0.200. The summed E-state index contributed by atoms with van der Waals surface area (Å²) in [5.74, 6) is -0.495. The number of hydrogen-bond donors (Lipinski definition) is 2. The van der Waals surface area contributed by atoms with Crippen molar-refractivity contribution in [2.75, 3.05) is 15.9 Å². The normalized spacial score (nSPS) is 12.4. The molecule has 0 aliphatic rings. The lowest BCUT2D eigenvalue weighted by Crippen LogP contribution is -2.33. The van der Waals surface area contributed by atoms with Crippen molar-refractivity contribution in [2.45, 2.75) is 19.9 Å². The highest BCUT2D eigenvalue weighted by Gasteiger charge is 2.31. The average Bonchev–Trinajstić information content (AvgIpc) is 3.02. The summed E-state index contributed by atoms with van der Waals surface area (Å²) in [5, 5.41) is 14.0. The molecule has 1 heterocycles. The summed E-state index contributed by atoms with van der Waals surface area (Å²) in [6.07, 6.45) is -0.300. The molecule has 0 bridgehead atoms. The highest BCUT2D eigenvalue weighted by molar-refractivity contribution is 7.92. The van der Waals surface area contributed by atoms with Gasteiger partial charge in [-0.1, -0.05) is 22.8 Å². The molecule has 0 aliphatic heterocycles. The van der Waals surface area contributed by atoms with Gasteiger partial charge in [0.2, 0.25) is 10.0 Å². The number of amides is 1.